The van der Waals surface area contributed by atoms with Crippen molar-refractivity contribution in [2.45, 2.75) is 46.0 Å². The molecule has 0 spiro atoms. The zero-order valence-corrected chi connectivity index (χ0v) is 13.3. The van der Waals surface area contributed by atoms with E-state index < -0.39 is 0 Å². The van der Waals surface area contributed by atoms with E-state index in [0.29, 0.717) is 11.8 Å². The van der Waals surface area contributed by atoms with Crippen LogP contribution in [0.15, 0.2) is 24.3 Å². The summed E-state index contributed by atoms with van der Waals surface area (Å²) in [5.74, 6) is 2.34. The van der Waals surface area contributed by atoms with Crippen LogP contribution in [0, 0.1) is 5.92 Å². The topological polar surface area (TPSA) is 12.5 Å². The molecular weight excluding hydrogens is 246 g/mol. The van der Waals surface area contributed by atoms with Crippen LogP contribution in [0.25, 0.3) is 0 Å². The van der Waals surface area contributed by atoms with E-state index in [9.17, 15) is 0 Å². The Balaban J connectivity index is 1.87. The van der Waals surface area contributed by atoms with Crippen molar-refractivity contribution < 1.29 is 4.74 Å². The second-order valence-corrected chi connectivity index (χ2v) is 6.09. The lowest BCUT2D eigenvalue weighted by Crippen LogP contribution is -2.37. The summed E-state index contributed by atoms with van der Waals surface area (Å²) in [5, 5.41) is 0. The Hall–Kier alpha value is -1.02. The highest BCUT2D eigenvalue weighted by molar-refractivity contribution is 5.30. The lowest BCUT2D eigenvalue weighted by molar-refractivity contribution is 0.135. The molecule has 1 saturated heterocycles. The molecule has 1 aliphatic rings. The summed E-state index contributed by atoms with van der Waals surface area (Å²) < 4.78 is 6.05. The zero-order valence-electron chi connectivity index (χ0n) is 13.3. The largest absolute Gasteiger partial charge is 0.493 e. The van der Waals surface area contributed by atoms with Gasteiger partial charge in [-0.1, -0.05) is 32.9 Å². The third kappa shape index (κ3) is 4.24. The van der Waals surface area contributed by atoms with E-state index in [4.69, 9.17) is 4.74 Å². The molecule has 0 radical (unpaired) electrons. The molecular formula is C18H29NO. The summed E-state index contributed by atoms with van der Waals surface area (Å²) in [6, 6.07) is 8.64. The van der Waals surface area contributed by atoms with Gasteiger partial charge in [0.05, 0.1) is 6.61 Å². The molecule has 112 valence electrons. The minimum Gasteiger partial charge on any atom is -0.493 e. The summed E-state index contributed by atoms with van der Waals surface area (Å²) in [7, 11) is 0. The molecule has 1 aromatic carbocycles. The molecule has 1 aromatic rings. The highest BCUT2D eigenvalue weighted by Gasteiger charge is 2.19. The SMILES string of the molecule is CCC(C)c1cccc(OCC2CCCN(CC)C2)c1. The van der Waals surface area contributed by atoms with Crippen LogP contribution in [0.2, 0.25) is 0 Å². The van der Waals surface area contributed by atoms with Crippen LogP contribution in [0.5, 0.6) is 5.75 Å². The highest BCUT2D eigenvalue weighted by Crippen LogP contribution is 2.24. The molecule has 0 saturated carbocycles. The van der Waals surface area contributed by atoms with Gasteiger partial charge in [0.15, 0.2) is 0 Å². The van der Waals surface area contributed by atoms with Crippen molar-refractivity contribution in [2.24, 2.45) is 5.92 Å². The molecule has 0 amide bonds. The Bertz CT molecular complexity index is 404. The standard InChI is InChI=1S/C18H29NO/c1-4-15(3)17-9-6-10-18(12-17)20-14-16-8-7-11-19(5-2)13-16/h6,9-10,12,15-16H,4-5,7-8,11,13-14H2,1-3H3. The van der Waals surface area contributed by atoms with Gasteiger partial charge in [-0.15, -0.1) is 0 Å². The van der Waals surface area contributed by atoms with Gasteiger partial charge in [-0.2, -0.15) is 0 Å². The number of hydrogen-bond donors (Lipinski definition) is 0. The Morgan fingerprint density at radius 1 is 1.35 bits per heavy atom. The van der Waals surface area contributed by atoms with Crippen molar-refractivity contribution in [2.75, 3.05) is 26.2 Å². The van der Waals surface area contributed by atoms with Gasteiger partial charge in [0.1, 0.15) is 5.75 Å². The Morgan fingerprint density at radius 2 is 2.20 bits per heavy atom. The van der Waals surface area contributed by atoms with Crippen molar-refractivity contribution >= 4 is 0 Å². The van der Waals surface area contributed by atoms with E-state index in [2.05, 4.69) is 49.9 Å². The van der Waals surface area contributed by atoms with E-state index in [1.54, 1.807) is 0 Å². The second kappa shape index (κ2) is 7.68. The van der Waals surface area contributed by atoms with Crippen LogP contribution in [0.4, 0.5) is 0 Å². The van der Waals surface area contributed by atoms with Gasteiger partial charge in [0, 0.05) is 12.5 Å². The van der Waals surface area contributed by atoms with Crippen LogP contribution in [-0.4, -0.2) is 31.1 Å². The number of nitrogens with zero attached hydrogens (tertiary/aromatic N) is 1. The Morgan fingerprint density at radius 3 is 2.95 bits per heavy atom. The quantitative estimate of drug-likeness (QED) is 0.767. The molecule has 2 atom stereocenters. The molecule has 1 aliphatic heterocycles. The van der Waals surface area contributed by atoms with E-state index in [1.807, 2.05) is 0 Å². The first-order valence-corrected chi connectivity index (χ1v) is 8.18. The summed E-state index contributed by atoms with van der Waals surface area (Å²) in [6.45, 7) is 11.2. The van der Waals surface area contributed by atoms with Crippen LogP contribution < -0.4 is 4.74 Å². The predicted molar refractivity (Wildman–Crippen MR) is 85.5 cm³/mol. The monoisotopic (exact) mass is 275 g/mol. The first-order chi connectivity index (χ1) is 9.72. The van der Waals surface area contributed by atoms with Crippen LogP contribution in [-0.2, 0) is 0 Å². The van der Waals surface area contributed by atoms with Gasteiger partial charge in [0.2, 0.25) is 0 Å². The maximum absolute atomic E-state index is 6.05. The Kier molecular flexibility index (Phi) is 5.90. The van der Waals surface area contributed by atoms with Crippen molar-refractivity contribution in [1.29, 1.82) is 0 Å². The fourth-order valence-electron chi connectivity index (χ4n) is 2.94. The molecule has 1 fully saturated rings. The number of rotatable bonds is 6. The molecule has 0 bridgehead atoms. The fourth-order valence-corrected chi connectivity index (χ4v) is 2.94. The molecule has 2 nitrogen and oxygen atoms in total. The number of ether oxygens (including phenoxy) is 1. The van der Waals surface area contributed by atoms with Crippen molar-refractivity contribution in [3.05, 3.63) is 29.8 Å². The summed E-state index contributed by atoms with van der Waals surface area (Å²) in [5.41, 5.74) is 1.39. The average molecular weight is 275 g/mol. The lowest BCUT2D eigenvalue weighted by Gasteiger charge is -2.31. The molecule has 20 heavy (non-hydrogen) atoms. The Labute approximate surface area is 124 Å². The van der Waals surface area contributed by atoms with Crippen LogP contribution in [0.3, 0.4) is 0 Å². The highest BCUT2D eigenvalue weighted by atomic mass is 16.5. The molecule has 2 rings (SSSR count). The van der Waals surface area contributed by atoms with E-state index in [1.165, 1.54) is 44.5 Å². The van der Waals surface area contributed by atoms with Crippen molar-refractivity contribution in [3.8, 4) is 5.75 Å². The molecule has 1 heterocycles. The summed E-state index contributed by atoms with van der Waals surface area (Å²) in [6.07, 6.45) is 3.80. The molecule has 2 heteroatoms. The lowest BCUT2D eigenvalue weighted by atomic mass is 9.98. The smallest absolute Gasteiger partial charge is 0.119 e. The first-order valence-electron chi connectivity index (χ1n) is 8.18. The van der Waals surface area contributed by atoms with Gasteiger partial charge in [-0.3, -0.25) is 0 Å². The molecule has 2 unspecified atom stereocenters. The third-order valence-electron chi connectivity index (χ3n) is 4.58. The van der Waals surface area contributed by atoms with E-state index in [-0.39, 0.29) is 0 Å². The van der Waals surface area contributed by atoms with E-state index >= 15 is 0 Å². The van der Waals surface area contributed by atoms with Gasteiger partial charge in [-0.25, -0.2) is 0 Å². The maximum atomic E-state index is 6.05. The first kappa shape index (κ1) is 15.4. The maximum Gasteiger partial charge on any atom is 0.119 e. The normalized spacial score (nSPS) is 21.6. The molecule has 0 N–H and O–H groups in total. The van der Waals surface area contributed by atoms with Crippen molar-refractivity contribution in [3.63, 3.8) is 0 Å². The minimum absolute atomic E-state index is 0.615. The number of benzene rings is 1. The van der Waals surface area contributed by atoms with Gasteiger partial charge >= 0.3 is 0 Å². The predicted octanol–water partition coefficient (Wildman–Crippen LogP) is 4.31. The van der Waals surface area contributed by atoms with Gasteiger partial charge < -0.3 is 9.64 Å². The molecule has 0 aliphatic carbocycles. The fraction of sp³-hybridized carbons (Fsp3) is 0.667. The second-order valence-electron chi connectivity index (χ2n) is 6.09. The number of likely N-dealkylation sites (tertiary alicyclic amines) is 1. The summed E-state index contributed by atoms with van der Waals surface area (Å²) >= 11 is 0. The number of piperidine rings is 1. The average Bonchev–Trinajstić information content (AvgIpc) is 2.52. The number of hydrogen-bond acceptors (Lipinski definition) is 2. The third-order valence-corrected chi connectivity index (χ3v) is 4.58. The minimum atomic E-state index is 0.615. The van der Waals surface area contributed by atoms with Crippen LogP contribution in [0.1, 0.15) is 51.5 Å². The van der Waals surface area contributed by atoms with Gasteiger partial charge in [-0.05, 0) is 56.0 Å². The summed E-state index contributed by atoms with van der Waals surface area (Å²) in [4.78, 5) is 2.53. The zero-order chi connectivity index (χ0) is 14.4. The van der Waals surface area contributed by atoms with Gasteiger partial charge in [0.25, 0.3) is 0 Å². The van der Waals surface area contributed by atoms with Crippen LogP contribution >= 0.6 is 0 Å². The van der Waals surface area contributed by atoms with E-state index in [0.717, 1.165) is 12.4 Å². The molecule has 0 aromatic heterocycles. The van der Waals surface area contributed by atoms with Crippen molar-refractivity contribution in [1.82, 2.24) is 4.90 Å².